The summed E-state index contributed by atoms with van der Waals surface area (Å²) in [5.41, 5.74) is -2.96. The van der Waals surface area contributed by atoms with E-state index in [1.165, 1.54) is 13.8 Å². The van der Waals surface area contributed by atoms with Gasteiger partial charge in [-0.05, 0) is 93.3 Å². The van der Waals surface area contributed by atoms with Gasteiger partial charge in [-0.1, -0.05) is 53.2 Å². The third kappa shape index (κ3) is 13.0. The lowest BCUT2D eigenvalue weighted by molar-refractivity contribution is -0.380. The van der Waals surface area contributed by atoms with Gasteiger partial charge in [0, 0.05) is 17.3 Å². The number of ether oxygens (including phenoxy) is 10. The highest BCUT2D eigenvalue weighted by Gasteiger charge is 2.71. The summed E-state index contributed by atoms with van der Waals surface area (Å²) in [6.45, 7) is 12.2. The van der Waals surface area contributed by atoms with Crippen LogP contribution in [0.5, 0.6) is 0 Å². The Balaban J connectivity index is 0.884. The van der Waals surface area contributed by atoms with Crippen LogP contribution in [0.4, 0.5) is 0 Å². The van der Waals surface area contributed by atoms with Crippen molar-refractivity contribution in [1.29, 1.82) is 0 Å². The number of hydrogen-bond donors (Lipinski definition) is 18. The number of ketones is 1. The van der Waals surface area contributed by atoms with Crippen LogP contribution in [0.25, 0.3) is 0 Å². The molecule has 5 saturated heterocycles. The lowest BCUT2D eigenvalue weighted by atomic mass is 9.38. The molecule has 0 radical (unpaired) electrons. The molecule has 4 aliphatic carbocycles. The third-order valence-electron chi connectivity index (χ3n) is 22.6. The van der Waals surface area contributed by atoms with E-state index in [1.807, 2.05) is 13.8 Å². The number of allylic oxidation sites excluding steroid dienone is 1. The predicted molar refractivity (Wildman–Crippen MR) is 299 cm³/mol. The molecule has 8 unspecified atom stereocenters. The van der Waals surface area contributed by atoms with Crippen molar-refractivity contribution in [2.75, 3.05) is 33.0 Å². The molecule has 0 aromatic carbocycles. The lowest BCUT2D eigenvalue weighted by Crippen LogP contribution is -2.65. The van der Waals surface area contributed by atoms with E-state index in [4.69, 9.17) is 47.4 Å². The van der Waals surface area contributed by atoms with Crippen LogP contribution in [0.3, 0.4) is 0 Å². The highest BCUT2D eigenvalue weighted by Crippen LogP contribution is 2.74. The predicted octanol–water partition coefficient (Wildman–Crippen LogP) is -5.20. The molecule has 0 bridgehead atoms. The Bertz CT molecular complexity index is 2390. The van der Waals surface area contributed by atoms with Gasteiger partial charge in [-0.3, -0.25) is 4.79 Å². The van der Waals surface area contributed by atoms with Crippen molar-refractivity contribution >= 4 is 5.78 Å². The van der Waals surface area contributed by atoms with Crippen molar-refractivity contribution in [2.45, 2.75) is 278 Å². The summed E-state index contributed by atoms with van der Waals surface area (Å²) in [5.74, 6) is -0.178. The van der Waals surface area contributed by atoms with Gasteiger partial charge in [0.15, 0.2) is 31.5 Å². The standard InChI is InChI=1S/C60H100O29/c1-23(9-13-35(57(4,5)79)88-55-50(89-54-49(78)43(72)38(67)29(20-63)84-54)45(74)40(69)31(86-55)22-81-52-47(76)42(71)37(66)28(19-62)83-52)24-15-16-58(6)32-12-10-25-26(60(32,8)33(64)17-59(24,58)7)11-14-34(56(25,2)3)87-53-48(77)44(73)39(68)30(85-53)21-80-51-46(75)41(70)36(65)27(18-61)82-51/h10,23-24,26-32,34-55,61-63,65-79H,9,11-22H2,1-8H3/t23?,24?,26?,27-,28-,29-,30-,31-,32?,34?,35?,36-,37-,38-,39-,40-,41+,42+,43+,44+,45+,46-,47-,48-,49-,50-,51-,52-,53+,54+,55+,58+,59?,60?/m1/s1. The van der Waals surface area contributed by atoms with E-state index < -0.39 is 221 Å². The number of carbonyl (C=O) groups excluding carboxylic acids is 1. The highest BCUT2D eigenvalue weighted by molar-refractivity contribution is 5.88. The molecule has 0 aromatic rings. The molecule has 9 aliphatic rings. The van der Waals surface area contributed by atoms with Gasteiger partial charge in [0.05, 0.1) is 50.8 Å². The van der Waals surface area contributed by atoms with Gasteiger partial charge in [0.1, 0.15) is 128 Å². The molecule has 34 atom stereocenters. The van der Waals surface area contributed by atoms with Crippen molar-refractivity contribution in [1.82, 2.24) is 0 Å². The lowest BCUT2D eigenvalue weighted by Gasteiger charge is -2.65. The van der Waals surface area contributed by atoms with Crippen molar-refractivity contribution in [2.24, 2.45) is 45.3 Å². The van der Waals surface area contributed by atoms with Gasteiger partial charge in [-0.25, -0.2) is 0 Å². The van der Waals surface area contributed by atoms with Crippen LogP contribution in [-0.2, 0) is 52.2 Å². The monoisotopic (exact) mass is 1280 g/mol. The maximum Gasteiger partial charge on any atom is 0.187 e. The number of carbonyl (C=O) groups is 1. The Kier molecular flexibility index (Phi) is 22.1. The maximum absolute atomic E-state index is 15.4. The average Bonchev–Trinajstić information content (AvgIpc) is 1.66. The van der Waals surface area contributed by atoms with E-state index >= 15 is 4.79 Å². The molecule has 29 heteroatoms. The summed E-state index contributed by atoms with van der Waals surface area (Å²) < 4.78 is 59.2. The van der Waals surface area contributed by atoms with E-state index in [0.717, 1.165) is 18.4 Å². The third-order valence-corrected chi connectivity index (χ3v) is 22.6. The van der Waals surface area contributed by atoms with E-state index in [0.29, 0.717) is 25.7 Å². The van der Waals surface area contributed by atoms with Crippen LogP contribution >= 0.6 is 0 Å². The molecule has 0 aromatic heterocycles. The number of rotatable bonds is 20. The van der Waals surface area contributed by atoms with Gasteiger partial charge in [-0.15, -0.1) is 0 Å². The quantitative estimate of drug-likeness (QED) is 0.0507. The Morgan fingerprint density at radius 3 is 1.47 bits per heavy atom. The van der Waals surface area contributed by atoms with E-state index in [2.05, 4.69) is 33.8 Å². The fraction of sp³-hybridized carbons (Fsp3) is 0.950. The van der Waals surface area contributed by atoms with Crippen LogP contribution in [0, 0.1) is 45.3 Å². The Hall–Kier alpha value is -1.71. The smallest absolute Gasteiger partial charge is 0.187 e. The number of fused-ring (bicyclic) bond motifs is 5. The van der Waals surface area contributed by atoms with Gasteiger partial charge in [-0.2, -0.15) is 0 Å². The first kappa shape index (κ1) is 71.6. The molecule has 514 valence electrons. The molecule has 18 N–H and O–H groups in total. The van der Waals surface area contributed by atoms with Crippen molar-refractivity contribution < 1.29 is 144 Å². The summed E-state index contributed by atoms with van der Waals surface area (Å²) in [7, 11) is 0. The zero-order valence-corrected chi connectivity index (χ0v) is 51.7. The Labute approximate surface area is 516 Å². The van der Waals surface area contributed by atoms with E-state index in [-0.39, 0.29) is 47.7 Å². The Morgan fingerprint density at radius 1 is 0.539 bits per heavy atom. The molecule has 0 spiro atoms. The molecule has 8 fully saturated rings. The van der Waals surface area contributed by atoms with Crippen LogP contribution in [-0.4, -0.2) is 302 Å². The number of Topliss-reactive ketones (excluding diaryl/α,β-unsaturated/α-hetero) is 1. The molecule has 9 rings (SSSR count). The second-order valence-electron chi connectivity index (χ2n) is 28.5. The zero-order chi connectivity index (χ0) is 65.5. The summed E-state index contributed by atoms with van der Waals surface area (Å²) in [6.07, 6.45) is -37.4. The molecule has 5 aliphatic heterocycles. The SMILES string of the molecule is CC(CCC(O[C@@H]1O[C@H](CO[C@@H]2O[C@H](CO)[C@@H](O)[C@H](O)[C@H]2O)[C@@H](O)[C@H](O)[C@H]1O[C@@H]1O[C@H](CO)[C@@H](O)[C@H](O)[C@H]1O)C(C)(C)O)C1CC[C@@]2(C)C3CC=C4C(CCC(O[C@@H]5O[C@H](CO[C@@H]6O[C@H](CO)[C@@H](O)[C@H](O)[C@H]6O)[C@@H](O)[C@H](O)[C@H]5O)C4(C)C)C3(C)C(=O)CC12C. The van der Waals surface area contributed by atoms with Crippen LogP contribution < -0.4 is 0 Å². The van der Waals surface area contributed by atoms with E-state index in [9.17, 15) is 91.9 Å². The summed E-state index contributed by atoms with van der Waals surface area (Å²) in [5, 5.41) is 192. The molecule has 89 heavy (non-hydrogen) atoms. The molecule has 3 saturated carbocycles. The second-order valence-corrected chi connectivity index (χ2v) is 28.5. The minimum absolute atomic E-state index is 0.00532. The average molecular weight is 1290 g/mol. The fourth-order valence-corrected chi connectivity index (χ4v) is 16.7. The molecular formula is C60H100O29. The van der Waals surface area contributed by atoms with Crippen LogP contribution in [0.15, 0.2) is 11.6 Å². The first-order chi connectivity index (χ1) is 41.6. The number of aliphatic hydroxyl groups is 18. The van der Waals surface area contributed by atoms with Crippen molar-refractivity contribution in [3.63, 3.8) is 0 Å². The normalized spacial score (nSPS) is 51.0. The van der Waals surface area contributed by atoms with Gasteiger partial charge in [0.2, 0.25) is 0 Å². The number of aliphatic hydroxyl groups excluding tert-OH is 17. The minimum Gasteiger partial charge on any atom is -0.394 e. The van der Waals surface area contributed by atoms with Crippen molar-refractivity contribution in [3.05, 3.63) is 11.6 Å². The fourth-order valence-electron chi connectivity index (χ4n) is 16.7. The Morgan fingerprint density at radius 2 is 0.978 bits per heavy atom. The minimum atomic E-state index is -1.97. The molecule has 29 nitrogen and oxygen atoms in total. The largest absolute Gasteiger partial charge is 0.394 e. The van der Waals surface area contributed by atoms with E-state index in [1.54, 1.807) is 0 Å². The second kappa shape index (κ2) is 27.4. The summed E-state index contributed by atoms with van der Waals surface area (Å²) in [4.78, 5) is 15.4. The van der Waals surface area contributed by atoms with Crippen LogP contribution in [0.1, 0.15) is 107 Å². The topological polar surface area (TPSA) is 474 Å². The molecule has 5 heterocycles. The summed E-state index contributed by atoms with van der Waals surface area (Å²) in [6, 6.07) is 0. The van der Waals surface area contributed by atoms with Gasteiger partial charge in [0.25, 0.3) is 0 Å². The first-order valence-electron chi connectivity index (χ1n) is 31.4. The number of hydrogen-bond acceptors (Lipinski definition) is 29. The highest BCUT2D eigenvalue weighted by atomic mass is 16.8. The zero-order valence-electron chi connectivity index (χ0n) is 51.7. The van der Waals surface area contributed by atoms with Gasteiger partial charge >= 0.3 is 0 Å². The van der Waals surface area contributed by atoms with Crippen molar-refractivity contribution in [3.8, 4) is 0 Å². The molecular weight excluding hydrogens is 1180 g/mol. The molecule has 0 amide bonds. The van der Waals surface area contributed by atoms with Gasteiger partial charge < -0.3 is 139 Å². The first-order valence-corrected chi connectivity index (χ1v) is 31.4. The summed E-state index contributed by atoms with van der Waals surface area (Å²) >= 11 is 0. The van der Waals surface area contributed by atoms with Crippen LogP contribution in [0.2, 0.25) is 0 Å². The maximum atomic E-state index is 15.4.